The molecule has 0 atom stereocenters. The van der Waals surface area contributed by atoms with Crippen molar-refractivity contribution >= 4 is 38.4 Å². The summed E-state index contributed by atoms with van der Waals surface area (Å²) < 4.78 is 34.1. The molecule has 0 unspecified atom stereocenters. The van der Waals surface area contributed by atoms with Gasteiger partial charge in [-0.15, -0.1) is 0 Å². The number of benzene rings is 2. The molecule has 2 aromatic carbocycles. The van der Waals surface area contributed by atoms with Crippen LogP contribution in [0.2, 0.25) is 0 Å². The van der Waals surface area contributed by atoms with Crippen LogP contribution in [-0.4, -0.2) is 49.4 Å². The molecule has 10 heteroatoms. The molecular formula is C24H30N4O5S. The van der Waals surface area contributed by atoms with E-state index < -0.39 is 21.7 Å². The number of piperidine rings is 1. The van der Waals surface area contributed by atoms with Crippen molar-refractivity contribution in [3.05, 3.63) is 53.0 Å². The van der Waals surface area contributed by atoms with E-state index in [1.807, 2.05) is 0 Å². The zero-order valence-electron chi connectivity index (χ0n) is 19.5. The fourth-order valence-corrected chi connectivity index (χ4v) is 5.88. The van der Waals surface area contributed by atoms with Crippen molar-refractivity contribution in [1.82, 2.24) is 8.87 Å². The van der Waals surface area contributed by atoms with Gasteiger partial charge in [-0.1, -0.05) is 26.0 Å². The van der Waals surface area contributed by atoms with Gasteiger partial charge >= 0.3 is 5.76 Å². The molecular weight excluding hydrogens is 456 g/mol. The number of anilines is 2. The van der Waals surface area contributed by atoms with Crippen LogP contribution in [0.4, 0.5) is 11.4 Å². The quantitative estimate of drug-likeness (QED) is 0.524. The topological polar surface area (TPSA) is 105 Å². The maximum Gasteiger partial charge on any atom is 0.420 e. The fourth-order valence-electron chi connectivity index (χ4n) is 4.40. The lowest BCUT2D eigenvalue weighted by Gasteiger charge is -2.31. The van der Waals surface area contributed by atoms with Crippen LogP contribution < -0.4 is 16.0 Å². The average molecular weight is 487 g/mol. The van der Waals surface area contributed by atoms with E-state index >= 15 is 0 Å². The molecule has 0 bridgehead atoms. The van der Waals surface area contributed by atoms with E-state index in [-0.39, 0.29) is 11.4 Å². The van der Waals surface area contributed by atoms with E-state index in [4.69, 9.17) is 4.42 Å². The van der Waals surface area contributed by atoms with Gasteiger partial charge in [0.15, 0.2) is 5.58 Å². The highest BCUT2D eigenvalue weighted by Gasteiger charge is 2.25. The van der Waals surface area contributed by atoms with Crippen LogP contribution in [0.1, 0.15) is 33.1 Å². The van der Waals surface area contributed by atoms with Crippen molar-refractivity contribution < 1.29 is 17.6 Å². The first-order valence-electron chi connectivity index (χ1n) is 11.6. The molecule has 1 amide bonds. The Morgan fingerprint density at radius 2 is 1.76 bits per heavy atom. The van der Waals surface area contributed by atoms with E-state index in [0.717, 1.165) is 38.0 Å². The Labute approximate surface area is 199 Å². The van der Waals surface area contributed by atoms with Crippen molar-refractivity contribution in [3.63, 3.8) is 0 Å². The van der Waals surface area contributed by atoms with Crippen LogP contribution in [-0.2, 0) is 21.4 Å². The number of para-hydroxylation sites is 2. The molecule has 2 heterocycles. The van der Waals surface area contributed by atoms with Crippen LogP contribution in [0.15, 0.2) is 56.6 Å². The first kappa shape index (κ1) is 24.0. The Morgan fingerprint density at radius 1 is 1.06 bits per heavy atom. The Kier molecular flexibility index (Phi) is 7.08. The summed E-state index contributed by atoms with van der Waals surface area (Å²) in [6.45, 7) is 5.70. The first-order chi connectivity index (χ1) is 16.3. The highest BCUT2D eigenvalue weighted by molar-refractivity contribution is 7.89. The molecule has 3 aromatic rings. The second kappa shape index (κ2) is 10.0. The molecule has 1 N–H and O–H groups in total. The molecule has 1 saturated heterocycles. The normalized spacial score (nSPS) is 14.6. The summed E-state index contributed by atoms with van der Waals surface area (Å²) in [6.07, 6.45) is 3.20. The number of rotatable bonds is 8. The van der Waals surface area contributed by atoms with Gasteiger partial charge in [0.05, 0.1) is 21.8 Å². The molecule has 1 fully saturated rings. The van der Waals surface area contributed by atoms with Crippen LogP contribution in [0.25, 0.3) is 11.1 Å². The standard InChI is InChI=1S/C24H30N4O5S/c1-3-27(4-2)34(31,32)18-12-13-20(26-14-8-5-9-15-26)19(16-18)25-23(29)17-28-21-10-6-7-11-22(21)33-24(28)30/h6-7,10-13,16H,3-5,8-9,14-15,17H2,1-2H3,(H,25,29). The molecule has 0 radical (unpaired) electrons. The van der Waals surface area contributed by atoms with Crippen LogP contribution in [0, 0.1) is 0 Å². The molecule has 4 rings (SSSR count). The third-order valence-corrected chi connectivity index (χ3v) is 8.20. The van der Waals surface area contributed by atoms with Crippen molar-refractivity contribution in [2.45, 2.75) is 44.6 Å². The van der Waals surface area contributed by atoms with Gasteiger partial charge in [-0.2, -0.15) is 4.31 Å². The molecule has 1 aliphatic rings. The van der Waals surface area contributed by atoms with Gasteiger partial charge < -0.3 is 14.6 Å². The Bertz CT molecular complexity index is 1330. The van der Waals surface area contributed by atoms with Crippen molar-refractivity contribution in [3.8, 4) is 0 Å². The van der Waals surface area contributed by atoms with E-state index in [9.17, 15) is 18.0 Å². The Morgan fingerprint density at radius 3 is 2.47 bits per heavy atom. The number of sulfonamides is 1. The smallest absolute Gasteiger partial charge is 0.408 e. The minimum atomic E-state index is -3.70. The summed E-state index contributed by atoms with van der Waals surface area (Å²) in [5, 5.41) is 2.86. The number of hydrogen-bond donors (Lipinski definition) is 1. The molecule has 1 aromatic heterocycles. The zero-order valence-corrected chi connectivity index (χ0v) is 20.3. The predicted molar refractivity (Wildman–Crippen MR) is 132 cm³/mol. The van der Waals surface area contributed by atoms with Crippen LogP contribution in [0.3, 0.4) is 0 Å². The number of carbonyl (C=O) groups excluding carboxylic acids is 1. The monoisotopic (exact) mass is 486 g/mol. The minimum absolute atomic E-state index is 0.123. The maximum absolute atomic E-state index is 13.1. The average Bonchev–Trinajstić information content (AvgIpc) is 3.15. The third kappa shape index (κ3) is 4.74. The van der Waals surface area contributed by atoms with E-state index in [1.54, 1.807) is 50.2 Å². The summed E-state index contributed by atoms with van der Waals surface area (Å²) in [6, 6.07) is 11.8. The predicted octanol–water partition coefficient (Wildman–Crippen LogP) is 3.25. The van der Waals surface area contributed by atoms with Crippen LogP contribution in [0.5, 0.6) is 0 Å². The van der Waals surface area contributed by atoms with E-state index in [0.29, 0.717) is 29.9 Å². The number of amides is 1. The molecule has 0 aliphatic carbocycles. The maximum atomic E-state index is 13.1. The Balaban J connectivity index is 1.68. The van der Waals surface area contributed by atoms with Gasteiger partial charge in [0.1, 0.15) is 6.54 Å². The molecule has 34 heavy (non-hydrogen) atoms. The first-order valence-corrected chi connectivity index (χ1v) is 13.1. The number of nitrogens with one attached hydrogen (secondary N) is 1. The zero-order chi connectivity index (χ0) is 24.3. The van der Waals surface area contributed by atoms with Crippen LogP contribution >= 0.6 is 0 Å². The highest BCUT2D eigenvalue weighted by Crippen LogP contribution is 2.32. The number of nitrogens with zero attached hydrogens (tertiary/aromatic N) is 3. The van der Waals surface area contributed by atoms with Gasteiger partial charge in [-0.05, 0) is 49.6 Å². The summed E-state index contributed by atoms with van der Waals surface area (Å²) in [4.78, 5) is 27.6. The summed E-state index contributed by atoms with van der Waals surface area (Å²) in [7, 11) is -3.70. The van der Waals surface area contributed by atoms with Gasteiger partial charge in [0.2, 0.25) is 15.9 Å². The van der Waals surface area contributed by atoms with Crippen molar-refractivity contribution in [1.29, 1.82) is 0 Å². The van der Waals surface area contributed by atoms with Crippen molar-refractivity contribution in [2.24, 2.45) is 0 Å². The SMILES string of the molecule is CCN(CC)S(=O)(=O)c1ccc(N2CCCCC2)c(NC(=O)Cn2c(=O)oc3ccccc32)c1. The lowest BCUT2D eigenvalue weighted by molar-refractivity contribution is -0.116. The number of aromatic nitrogens is 1. The highest BCUT2D eigenvalue weighted by atomic mass is 32.2. The number of fused-ring (bicyclic) bond motifs is 1. The number of hydrogen-bond acceptors (Lipinski definition) is 6. The molecule has 182 valence electrons. The van der Waals surface area contributed by atoms with Gasteiger partial charge in [0.25, 0.3) is 0 Å². The lowest BCUT2D eigenvalue weighted by Crippen LogP contribution is -2.32. The van der Waals surface area contributed by atoms with Crippen molar-refractivity contribution in [2.75, 3.05) is 36.4 Å². The summed E-state index contributed by atoms with van der Waals surface area (Å²) in [5.41, 5.74) is 2.12. The number of oxazole rings is 1. The molecule has 0 saturated carbocycles. The molecule has 0 spiro atoms. The van der Waals surface area contributed by atoms with Gasteiger partial charge in [-0.25, -0.2) is 13.2 Å². The molecule has 9 nitrogen and oxygen atoms in total. The fraction of sp³-hybridized carbons (Fsp3) is 0.417. The largest absolute Gasteiger partial charge is 0.420 e. The minimum Gasteiger partial charge on any atom is -0.408 e. The second-order valence-electron chi connectivity index (χ2n) is 8.29. The Hall–Kier alpha value is -3.11. The van der Waals surface area contributed by atoms with E-state index in [1.165, 1.54) is 14.9 Å². The lowest BCUT2D eigenvalue weighted by atomic mass is 10.1. The van der Waals surface area contributed by atoms with Gasteiger partial charge in [-0.3, -0.25) is 9.36 Å². The number of carbonyl (C=O) groups is 1. The second-order valence-corrected chi connectivity index (χ2v) is 10.2. The van der Waals surface area contributed by atoms with E-state index in [2.05, 4.69) is 10.2 Å². The summed E-state index contributed by atoms with van der Waals surface area (Å²) in [5.74, 6) is -1.06. The van der Waals surface area contributed by atoms with Gasteiger partial charge in [0, 0.05) is 26.2 Å². The third-order valence-electron chi connectivity index (χ3n) is 6.16. The molecule has 1 aliphatic heterocycles. The summed E-state index contributed by atoms with van der Waals surface area (Å²) >= 11 is 0.